The predicted octanol–water partition coefficient (Wildman–Crippen LogP) is 6.75. The van der Waals surface area contributed by atoms with Crippen molar-refractivity contribution in [2.45, 2.75) is 53.4 Å². The van der Waals surface area contributed by atoms with Gasteiger partial charge in [-0.1, -0.05) is 39.8 Å². The van der Waals surface area contributed by atoms with Crippen molar-refractivity contribution in [3.63, 3.8) is 0 Å². The van der Waals surface area contributed by atoms with Crippen molar-refractivity contribution in [2.24, 2.45) is 0 Å². The monoisotopic (exact) mass is 356 g/mol. The molecule has 1 aromatic heterocycles. The highest BCUT2D eigenvalue weighted by Gasteiger charge is 2.17. The molecule has 142 valence electrons. The van der Waals surface area contributed by atoms with Crippen LogP contribution >= 0.6 is 0 Å². The summed E-state index contributed by atoms with van der Waals surface area (Å²) < 4.78 is 13.7. The van der Waals surface area contributed by atoms with Crippen LogP contribution in [0.1, 0.15) is 57.7 Å². The molecule has 0 N–H and O–H groups in total. The van der Waals surface area contributed by atoms with Gasteiger partial charge in [0.05, 0.1) is 0 Å². The fourth-order valence-corrected chi connectivity index (χ4v) is 3.04. The summed E-state index contributed by atoms with van der Waals surface area (Å²) in [6, 6.07) is 8.97. The van der Waals surface area contributed by atoms with Crippen molar-refractivity contribution in [2.75, 3.05) is 18.0 Å². The molecular formula is C23H33FN2. The van der Waals surface area contributed by atoms with Crippen LogP contribution in [0.5, 0.6) is 0 Å². The number of aromatic nitrogens is 1. The number of halogens is 1. The van der Waals surface area contributed by atoms with E-state index in [9.17, 15) is 4.39 Å². The number of anilines is 1. The zero-order valence-electron chi connectivity index (χ0n) is 17.0. The first-order chi connectivity index (χ1) is 12.5. The van der Waals surface area contributed by atoms with Crippen LogP contribution in [0.2, 0.25) is 0 Å². The van der Waals surface area contributed by atoms with Crippen molar-refractivity contribution in [1.82, 2.24) is 4.98 Å². The summed E-state index contributed by atoms with van der Waals surface area (Å²) in [7, 11) is 0. The van der Waals surface area contributed by atoms with Crippen LogP contribution < -0.4 is 4.90 Å². The first kappa shape index (κ1) is 21.9. The summed E-state index contributed by atoms with van der Waals surface area (Å²) in [5.41, 5.74) is 4.20. The van der Waals surface area contributed by atoms with Crippen molar-refractivity contribution in [3.8, 4) is 11.1 Å². The third-order valence-electron chi connectivity index (χ3n) is 4.28. The highest BCUT2D eigenvalue weighted by Crippen LogP contribution is 2.33. The molecule has 0 aliphatic carbocycles. The zero-order chi connectivity index (χ0) is 19.7. The van der Waals surface area contributed by atoms with E-state index >= 15 is 0 Å². The van der Waals surface area contributed by atoms with E-state index in [1.54, 1.807) is 12.1 Å². The van der Waals surface area contributed by atoms with E-state index in [4.69, 9.17) is 4.98 Å². The highest BCUT2D eigenvalue weighted by atomic mass is 19.1. The van der Waals surface area contributed by atoms with E-state index in [1.165, 1.54) is 6.07 Å². The largest absolute Gasteiger partial charge is 0.356 e. The summed E-state index contributed by atoms with van der Waals surface area (Å²) in [4.78, 5) is 7.32. The normalized spacial score (nSPS) is 10.4. The van der Waals surface area contributed by atoms with Crippen molar-refractivity contribution >= 4 is 5.82 Å². The molecule has 1 heterocycles. The molecule has 26 heavy (non-hydrogen) atoms. The Morgan fingerprint density at radius 2 is 1.69 bits per heavy atom. The van der Waals surface area contributed by atoms with Crippen LogP contribution in [0.25, 0.3) is 11.1 Å². The lowest BCUT2D eigenvalue weighted by atomic mass is 9.97. The average molecular weight is 357 g/mol. The van der Waals surface area contributed by atoms with Gasteiger partial charge in [0.15, 0.2) is 0 Å². The average Bonchev–Trinajstić information content (AvgIpc) is 2.63. The molecule has 0 saturated heterocycles. The van der Waals surface area contributed by atoms with Crippen molar-refractivity contribution < 1.29 is 4.39 Å². The Kier molecular flexibility index (Phi) is 9.04. The van der Waals surface area contributed by atoms with Gasteiger partial charge in [-0.2, -0.15) is 0 Å². The number of hydrogen-bond acceptors (Lipinski definition) is 2. The van der Waals surface area contributed by atoms with Gasteiger partial charge in [-0.25, -0.2) is 9.37 Å². The summed E-state index contributed by atoms with van der Waals surface area (Å²) in [6.07, 6.45) is 2.17. The second kappa shape index (κ2) is 10.7. The van der Waals surface area contributed by atoms with Gasteiger partial charge in [0.2, 0.25) is 0 Å². The molecule has 0 saturated carbocycles. The smallest absolute Gasteiger partial charge is 0.132 e. The molecule has 3 heteroatoms. The molecule has 0 aliphatic rings. The van der Waals surface area contributed by atoms with E-state index in [-0.39, 0.29) is 5.82 Å². The number of pyridine rings is 1. The Labute approximate surface area is 158 Å². The first-order valence-corrected chi connectivity index (χ1v) is 9.50. The first-order valence-electron chi connectivity index (χ1n) is 9.50. The van der Waals surface area contributed by atoms with E-state index in [0.29, 0.717) is 5.92 Å². The zero-order valence-corrected chi connectivity index (χ0v) is 17.0. The van der Waals surface area contributed by atoms with Gasteiger partial charge in [0, 0.05) is 18.8 Å². The Bertz CT molecular complexity index is 689. The number of hydrogen-bond donors (Lipinski definition) is 0. The minimum absolute atomic E-state index is 0.199. The molecule has 0 fully saturated rings. The molecule has 2 rings (SSSR count). The van der Waals surface area contributed by atoms with Crippen LogP contribution in [-0.2, 0) is 0 Å². The van der Waals surface area contributed by atoms with Crippen LogP contribution in [0.15, 0.2) is 43.5 Å². The summed E-state index contributed by atoms with van der Waals surface area (Å²) in [6.45, 7) is 18.8. The van der Waals surface area contributed by atoms with Crippen LogP contribution in [0, 0.1) is 12.7 Å². The molecule has 0 atom stereocenters. The second-order valence-corrected chi connectivity index (χ2v) is 6.70. The maximum absolute atomic E-state index is 13.7. The third kappa shape index (κ3) is 5.42. The number of rotatable bonds is 7. The summed E-state index contributed by atoms with van der Waals surface area (Å²) in [5, 5.41) is 0. The Morgan fingerprint density at radius 1 is 1.08 bits per heavy atom. The molecule has 0 bridgehead atoms. The van der Waals surface area contributed by atoms with E-state index in [1.807, 2.05) is 6.07 Å². The SMILES string of the molecule is C=C.CCCN(CCC)c1nc(C(C)C)cc(-c2cccc(F)c2)c1C. The fraction of sp³-hybridized carbons (Fsp3) is 0.435. The quantitative estimate of drug-likeness (QED) is 0.510. The highest BCUT2D eigenvalue weighted by molar-refractivity contribution is 5.73. The maximum Gasteiger partial charge on any atom is 0.132 e. The molecular weight excluding hydrogens is 323 g/mol. The Morgan fingerprint density at radius 3 is 2.19 bits per heavy atom. The number of benzene rings is 1. The van der Waals surface area contributed by atoms with Crippen LogP contribution in [-0.4, -0.2) is 18.1 Å². The second-order valence-electron chi connectivity index (χ2n) is 6.70. The predicted molar refractivity (Wildman–Crippen MR) is 113 cm³/mol. The lowest BCUT2D eigenvalue weighted by Gasteiger charge is -2.27. The molecule has 1 aromatic carbocycles. The van der Waals surface area contributed by atoms with E-state index in [2.05, 4.69) is 58.7 Å². The standard InChI is InChI=1S/C21H29FN2.C2H4/c1-6-11-24(12-7-2)21-16(5)19(14-20(23-21)15(3)4)17-9-8-10-18(22)13-17;1-2/h8-10,13-15H,6-7,11-12H2,1-5H3;1-2H2. The minimum atomic E-state index is -0.199. The van der Waals surface area contributed by atoms with E-state index < -0.39 is 0 Å². The topological polar surface area (TPSA) is 16.1 Å². The summed E-state index contributed by atoms with van der Waals surface area (Å²) in [5.74, 6) is 1.18. The van der Waals surface area contributed by atoms with Gasteiger partial charge in [0.1, 0.15) is 11.6 Å². The molecule has 2 aromatic rings. The van der Waals surface area contributed by atoms with Crippen molar-refractivity contribution in [1.29, 1.82) is 0 Å². The molecule has 2 nitrogen and oxygen atoms in total. The molecule has 0 amide bonds. The molecule has 0 aliphatic heterocycles. The lowest BCUT2D eigenvalue weighted by Crippen LogP contribution is -2.27. The van der Waals surface area contributed by atoms with Gasteiger partial charge in [0.25, 0.3) is 0 Å². The molecule has 0 spiro atoms. The minimum Gasteiger partial charge on any atom is -0.356 e. The lowest BCUT2D eigenvalue weighted by molar-refractivity contribution is 0.628. The van der Waals surface area contributed by atoms with Gasteiger partial charge >= 0.3 is 0 Å². The number of nitrogens with zero attached hydrogens (tertiary/aromatic N) is 2. The van der Waals surface area contributed by atoms with Gasteiger partial charge in [-0.15, -0.1) is 13.2 Å². The maximum atomic E-state index is 13.7. The summed E-state index contributed by atoms with van der Waals surface area (Å²) >= 11 is 0. The molecule has 0 radical (unpaired) electrons. The van der Waals surface area contributed by atoms with Crippen molar-refractivity contribution in [3.05, 3.63) is 60.6 Å². The third-order valence-corrected chi connectivity index (χ3v) is 4.28. The molecule has 0 unspecified atom stereocenters. The fourth-order valence-electron chi connectivity index (χ4n) is 3.04. The van der Waals surface area contributed by atoms with Gasteiger partial charge in [-0.05, 0) is 60.6 Å². The van der Waals surface area contributed by atoms with Gasteiger partial charge in [-0.3, -0.25) is 0 Å². The van der Waals surface area contributed by atoms with Crippen LogP contribution in [0.3, 0.4) is 0 Å². The Balaban J connectivity index is 0.00000163. The van der Waals surface area contributed by atoms with E-state index in [0.717, 1.165) is 54.1 Å². The van der Waals surface area contributed by atoms with Crippen LogP contribution in [0.4, 0.5) is 10.2 Å². The Hall–Kier alpha value is -2.16. The van der Waals surface area contributed by atoms with Gasteiger partial charge < -0.3 is 4.90 Å².